The molecule has 1 N–H and O–H groups in total. The summed E-state index contributed by atoms with van der Waals surface area (Å²) in [6.07, 6.45) is 0. The topological polar surface area (TPSA) is 49.4 Å². The number of nitrogens with one attached hydrogen (secondary N) is 1. The molecule has 2 rings (SSSR count). The summed E-state index contributed by atoms with van der Waals surface area (Å²) in [5, 5.41) is 2.94. The smallest absolute Gasteiger partial charge is 0.242 e. The highest BCUT2D eigenvalue weighted by Gasteiger charge is 2.28. The van der Waals surface area contributed by atoms with E-state index in [0.29, 0.717) is 0 Å². The highest BCUT2D eigenvalue weighted by Crippen LogP contribution is 2.17. The zero-order chi connectivity index (χ0) is 22.3. The van der Waals surface area contributed by atoms with E-state index < -0.39 is 11.6 Å². The molecule has 1 atom stereocenters. The van der Waals surface area contributed by atoms with Gasteiger partial charge in [0.1, 0.15) is 11.9 Å². The van der Waals surface area contributed by atoms with Gasteiger partial charge in [0.2, 0.25) is 11.8 Å². The number of carbonyl (C=O) groups excluding carboxylic acids is 2. The lowest BCUT2D eigenvalue weighted by Gasteiger charge is -2.31. The van der Waals surface area contributed by atoms with Crippen LogP contribution in [0.3, 0.4) is 0 Å². The lowest BCUT2D eigenvalue weighted by Crippen LogP contribution is -2.52. The molecule has 0 radical (unpaired) electrons. The van der Waals surface area contributed by atoms with Crippen molar-refractivity contribution >= 4 is 23.6 Å². The maximum atomic E-state index is 13.3. The molecule has 0 aliphatic rings. The monoisotopic (exact) mass is 430 g/mol. The standard InChI is InChI=1S/C24H31FN2O2S/c1-17-7-6-8-20(13-17)15-30-16-22(28)27(14-19-9-11-21(25)12-10-19)18(2)23(29)26-24(3,4)5/h6-13,18H,14-16H2,1-5H3,(H,26,29)/t18-/m0/s1. The fraction of sp³-hybridized carbons (Fsp3) is 0.417. The van der Waals surface area contributed by atoms with Crippen LogP contribution in [-0.4, -0.2) is 34.0 Å². The Morgan fingerprint density at radius 3 is 2.37 bits per heavy atom. The third kappa shape index (κ3) is 7.82. The van der Waals surface area contributed by atoms with Crippen molar-refractivity contribution in [2.45, 2.75) is 58.5 Å². The Labute approximate surface area is 183 Å². The number of hydrogen-bond acceptors (Lipinski definition) is 3. The van der Waals surface area contributed by atoms with Crippen LogP contribution in [0, 0.1) is 12.7 Å². The van der Waals surface area contributed by atoms with Gasteiger partial charge in [-0.05, 0) is 57.9 Å². The third-order valence-electron chi connectivity index (χ3n) is 4.51. The van der Waals surface area contributed by atoms with Crippen molar-refractivity contribution in [3.8, 4) is 0 Å². The molecule has 0 fully saturated rings. The zero-order valence-corrected chi connectivity index (χ0v) is 19.2. The molecule has 0 saturated heterocycles. The van der Waals surface area contributed by atoms with Crippen LogP contribution < -0.4 is 5.32 Å². The van der Waals surface area contributed by atoms with E-state index in [9.17, 15) is 14.0 Å². The van der Waals surface area contributed by atoms with Crippen molar-refractivity contribution < 1.29 is 14.0 Å². The van der Waals surface area contributed by atoms with Gasteiger partial charge >= 0.3 is 0 Å². The van der Waals surface area contributed by atoms with Crippen LogP contribution in [0.25, 0.3) is 0 Å². The van der Waals surface area contributed by atoms with Gasteiger partial charge in [0, 0.05) is 17.8 Å². The molecule has 6 heteroatoms. The number of carbonyl (C=O) groups is 2. The first kappa shape index (κ1) is 23.9. The number of halogens is 1. The van der Waals surface area contributed by atoms with Crippen LogP contribution in [0.5, 0.6) is 0 Å². The summed E-state index contributed by atoms with van der Waals surface area (Å²) in [7, 11) is 0. The summed E-state index contributed by atoms with van der Waals surface area (Å²) < 4.78 is 13.3. The van der Waals surface area contributed by atoms with E-state index >= 15 is 0 Å². The minimum Gasteiger partial charge on any atom is -0.350 e. The Morgan fingerprint density at radius 2 is 1.77 bits per heavy atom. The number of aryl methyl sites for hydroxylation is 1. The Bertz CT molecular complexity index is 862. The molecule has 0 aliphatic carbocycles. The average molecular weight is 431 g/mol. The lowest BCUT2D eigenvalue weighted by atomic mass is 10.1. The van der Waals surface area contributed by atoms with Crippen LogP contribution in [0.15, 0.2) is 48.5 Å². The number of amides is 2. The first-order valence-corrected chi connectivity index (χ1v) is 11.2. The van der Waals surface area contributed by atoms with E-state index in [1.807, 2.05) is 45.9 Å². The Kier molecular flexibility index (Phi) is 8.47. The fourth-order valence-electron chi connectivity index (χ4n) is 2.98. The number of thioether (sulfide) groups is 1. The zero-order valence-electron chi connectivity index (χ0n) is 18.4. The quantitative estimate of drug-likeness (QED) is 0.660. The summed E-state index contributed by atoms with van der Waals surface area (Å²) in [6, 6.07) is 13.6. The fourth-order valence-corrected chi connectivity index (χ4v) is 3.84. The second-order valence-corrected chi connectivity index (χ2v) is 9.53. The van der Waals surface area contributed by atoms with E-state index in [1.165, 1.54) is 29.5 Å². The van der Waals surface area contributed by atoms with Crippen molar-refractivity contribution in [3.63, 3.8) is 0 Å². The minimum atomic E-state index is -0.638. The van der Waals surface area contributed by atoms with Crippen molar-refractivity contribution in [2.75, 3.05) is 5.75 Å². The molecule has 2 aromatic carbocycles. The molecule has 2 aromatic rings. The predicted octanol–water partition coefficient (Wildman–Crippen LogP) is 4.70. The highest BCUT2D eigenvalue weighted by atomic mass is 32.2. The van der Waals surface area contributed by atoms with Gasteiger partial charge < -0.3 is 10.2 Å². The number of rotatable bonds is 8. The van der Waals surface area contributed by atoms with E-state index in [-0.39, 0.29) is 29.9 Å². The van der Waals surface area contributed by atoms with Gasteiger partial charge in [-0.15, -0.1) is 11.8 Å². The molecule has 0 unspecified atom stereocenters. The van der Waals surface area contributed by atoms with Gasteiger partial charge in [-0.1, -0.05) is 42.0 Å². The summed E-state index contributed by atoms with van der Waals surface area (Å²) in [4.78, 5) is 27.3. The van der Waals surface area contributed by atoms with Crippen LogP contribution in [0.1, 0.15) is 44.4 Å². The van der Waals surface area contributed by atoms with Gasteiger partial charge in [-0.3, -0.25) is 9.59 Å². The normalized spacial score (nSPS) is 12.3. The average Bonchev–Trinajstić information content (AvgIpc) is 2.65. The predicted molar refractivity (Wildman–Crippen MR) is 122 cm³/mol. The highest BCUT2D eigenvalue weighted by molar-refractivity contribution is 7.99. The van der Waals surface area contributed by atoms with Crippen molar-refractivity contribution in [1.29, 1.82) is 0 Å². The summed E-state index contributed by atoms with van der Waals surface area (Å²) in [5.41, 5.74) is 2.74. The van der Waals surface area contributed by atoms with E-state index in [0.717, 1.165) is 16.9 Å². The molecular weight excluding hydrogens is 399 g/mol. The van der Waals surface area contributed by atoms with Crippen molar-refractivity contribution in [1.82, 2.24) is 10.2 Å². The van der Waals surface area contributed by atoms with Gasteiger partial charge in [-0.2, -0.15) is 0 Å². The SMILES string of the molecule is Cc1cccc(CSCC(=O)N(Cc2ccc(F)cc2)[C@@H](C)C(=O)NC(C)(C)C)c1. The molecule has 0 bridgehead atoms. The van der Waals surface area contributed by atoms with Gasteiger partial charge in [-0.25, -0.2) is 4.39 Å². The molecule has 162 valence electrons. The minimum absolute atomic E-state index is 0.117. The molecule has 0 saturated carbocycles. The molecule has 30 heavy (non-hydrogen) atoms. The first-order chi connectivity index (χ1) is 14.0. The Morgan fingerprint density at radius 1 is 1.10 bits per heavy atom. The van der Waals surface area contributed by atoms with Crippen molar-refractivity contribution in [2.24, 2.45) is 0 Å². The van der Waals surface area contributed by atoms with E-state index in [4.69, 9.17) is 0 Å². The number of hydrogen-bond donors (Lipinski definition) is 1. The van der Waals surface area contributed by atoms with Crippen LogP contribution in [-0.2, 0) is 21.9 Å². The van der Waals surface area contributed by atoms with Crippen LogP contribution in [0.4, 0.5) is 4.39 Å². The number of benzene rings is 2. The molecule has 0 aliphatic heterocycles. The molecule has 0 spiro atoms. The molecule has 0 heterocycles. The Hall–Kier alpha value is -2.34. The van der Waals surface area contributed by atoms with Gasteiger partial charge in [0.05, 0.1) is 5.75 Å². The second-order valence-electron chi connectivity index (χ2n) is 8.55. The molecule has 4 nitrogen and oxygen atoms in total. The van der Waals surface area contributed by atoms with Crippen LogP contribution >= 0.6 is 11.8 Å². The molecule has 2 amide bonds. The first-order valence-electron chi connectivity index (χ1n) is 10.0. The lowest BCUT2D eigenvalue weighted by molar-refractivity contribution is -0.139. The number of nitrogens with zero attached hydrogens (tertiary/aromatic N) is 1. The second kappa shape index (κ2) is 10.6. The largest absolute Gasteiger partial charge is 0.350 e. The summed E-state index contributed by atoms with van der Waals surface area (Å²) in [5.74, 6) is 0.335. The molecule has 0 aromatic heterocycles. The summed E-state index contributed by atoms with van der Waals surface area (Å²) >= 11 is 1.52. The third-order valence-corrected chi connectivity index (χ3v) is 5.50. The van der Waals surface area contributed by atoms with E-state index in [1.54, 1.807) is 24.0 Å². The molecular formula is C24H31FN2O2S. The Balaban J connectivity index is 2.09. The maximum Gasteiger partial charge on any atom is 0.242 e. The maximum absolute atomic E-state index is 13.3. The summed E-state index contributed by atoms with van der Waals surface area (Å²) in [6.45, 7) is 9.74. The van der Waals surface area contributed by atoms with Crippen molar-refractivity contribution in [3.05, 3.63) is 71.0 Å². The van der Waals surface area contributed by atoms with E-state index in [2.05, 4.69) is 11.4 Å². The van der Waals surface area contributed by atoms with Gasteiger partial charge in [0.25, 0.3) is 0 Å². The van der Waals surface area contributed by atoms with Gasteiger partial charge in [0.15, 0.2) is 0 Å². The van der Waals surface area contributed by atoms with Crippen LogP contribution in [0.2, 0.25) is 0 Å².